The molecular formula is C15H26N4O2. The third-order valence-corrected chi connectivity index (χ3v) is 4.28. The number of likely N-dealkylation sites (tertiary alicyclic amines) is 1. The van der Waals surface area contributed by atoms with Crippen molar-refractivity contribution in [2.75, 3.05) is 32.7 Å². The van der Waals surface area contributed by atoms with Gasteiger partial charge in [0.1, 0.15) is 5.54 Å². The molecule has 0 unspecified atom stereocenters. The van der Waals surface area contributed by atoms with Crippen LogP contribution in [-0.4, -0.2) is 60.0 Å². The minimum Gasteiger partial charge on any atom is -0.330 e. The Bertz CT molecular complexity index is 427. The van der Waals surface area contributed by atoms with E-state index in [1.807, 2.05) is 6.92 Å². The second-order valence-electron chi connectivity index (χ2n) is 6.20. The Balaban J connectivity index is 1.94. The minimum absolute atomic E-state index is 0.0560. The van der Waals surface area contributed by atoms with Crippen molar-refractivity contribution in [2.45, 2.75) is 38.1 Å². The second kappa shape index (κ2) is 6.58. The first-order chi connectivity index (χ1) is 9.98. The number of unbranched alkanes of at least 4 members (excludes halogenated alkanes) is 1. The quantitative estimate of drug-likeness (QED) is 0.429. The molecule has 0 bridgehead atoms. The Kier molecular flexibility index (Phi) is 5.00. The number of piperidine rings is 1. The Hall–Kier alpha value is -1.40. The first-order valence-electron chi connectivity index (χ1n) is 7.69. The molecule has 0 atom stereocenters. The summed E-state index contributed by atoms with van der Waals surface area (Å²) < 4.78 is 0. The van der Waals surface area contributed by atoms with Gasteiger partial charge in [0.05, 0.1) is 0 Å². The van der Waals surface area contributed by atoms with E-state index in [9.17, 15) is 9.59 Å². The molecule has 0 aromatic rings. The van der Waals surface area contributed by atoms with Gasteiger partial charge in [-0.3, -0.25) is 14.6 Å². The number of carbonyl (C=O) groups is 2. The smallest absolute Gasteiger partial charge is 0.325 e. The van der Waals surface area contributed by atoms with E-state index in [0.29, 0.717) is 25.9 Å². The fourth-order valence-electron chi connectivity index (χ4n) is 3.11. The predicted octanol–water partition coefficient (Wildman–Crippen LogP) is 0.688. The number of urea groups is 1. The Morgan fingerprint density at radius 2 is 2.00 bits per heavy atom. The molecule has 0 aliphatic carbocycles. The zero-order valence-corrected chi connectivity index (χ0v) is 12.9. The molecule has 2 aliphatic rings. The summed E-state index contributed by atoms with van der Waals surface area (Å²) in [4.78, 5) is 28.3. The molecule has 2 rings (SSSR count). The molecule has 2 saturated heterocycles. The average Bonchev–Trinajstić information content (AvgIpc) is 2.66. The fraction of sp³-hybridized carbons (Fsp3) is 0.733. The molecule has 2 aliphatic heterocycles. The topological polar surface area (TPSA) is 78.7 Å². The molecule has 6 heteroatoms. The van der Waals surface area contributed by atoms with Gasteiger partial charge >= 0.3 is 6.03 Å². The molecule has 2 fully saturated rings. The summed E-state index contributed by atoms with van der Waals surface area (Å²) in [5.41, 5.74) is 5.90. The van der Waals surface area contributed by atoms with Gasteiger partial charge in [0.15, 0.2) is 0 Å². The van der Waals surface area contributed by atoms with Crippen molar-refractivity contribution in [3.05, 3.63) is 12.2 Å². The first kappa shape index (κ1) is 16.0. The molecule has 118 valence electrons. The van der Waals surface area contributed by atoms with Crippen molar-refractivity contribution < 1.29 is 9.59 Å². The maximum atomic E-state index is 12.6. The standard InChI is InChI=1S/C15H26N4O2/c1-12(2)11-18-9-5-15(6-10-18)13(20)19(14(21)17-15)8-4-3-7-16/h1,3-11,16H2,2H3,(H,17,21). The first-order valence-corrected chi connectivity index (χ1v) is 7.69. The molecule has 0 aromatic heterocycles. The maximum Gasteiger partial charge on any atom is 0.325 e. The lowest BCUT2D eigenvalue weighted by Gasteiger charge is -2.37. The lowest BCUT2D eigenvalue weighted by molar-refractivity contribution is -0.133. The zero-order valence-electron chi connectivity index (χ0n) is 12.9. The summed E-state index contributed by atoms with van der Waals surface area (Å²) in [6.07, 6.45) is 2.96. The number of imide groups is 1. The van der Waals surface area contributed by atoms with Crippen LogP contribution in [0.3, 0.4) is 0 Å². The summed E-state index contributed by atoms with van der Waals surface area (Å²) in [6, 6.07) is -0.245. The number of hydrogen-bond acceptors (Lipinski definition) is 4. The van der Waals surface area contributed by atoms with Crippen LogP contribution in [0.1, 0.15) is 32.6 Å². The van der Waals surface area contributed by atoms with Crippen molar-refractivity contribution in [1.82, 2.24) is 15.1 Å². The normalized spacial score (nSPS) is 21.9. The van der Waals surface area contributed by atoms with E-state index in [4.69, 9.17) is 5.73 Å². The Labute approximate surface area is 126 Å². The van der Waals surface area contributed by atoms with Crippen molar-refractivity contribution in [2.24, 2.45) is 5.73 Å². The van der Waals surface area contributed by atoms with E-state index >= 15 is 0 Å². The lowest BCUT2D eigenvalue weighted by Crippen LogP contribution is -2.55. The predicted molar refractivity (Wildman–Crippen MR) is 81.8 cm³/mol. The Morgan fingerprint density at radius 1 is 1.33 bits per heavy atom. The van der Waals surface area contributed by atoms with Crippen LogP contribution in [0.4, 0.5) is 4.79 Å². The monoisotopic (exact) mass is 294 g/mol. The number of carbonyl (C=O) groups excluding carboxylic acids is 2. The van der Waals surface area contributed by atoms with Gasteiger partial charge in [0.25, 0.3) is 5.91 Å². The van der Waals surface area contributed by atoms with Crippen molar-refractivity contribution >= 4 is 11.9 Å². The summed E-state index contributed by atoms with van der Waals surface area (Å²) in [6.45, 7) is 9.48. The van der Waals surface area contributed by atoms with E-state index in [1.165, 1.54) is 4.90 Å². The summed E-state index contributed by atoms with van der Waals surface area (Å²) in [7, 11) is 0. The van der Waals surface area contributed by atoms with Gasteiger partial charge in [-0.25, -0.2) is 4.79 Å². The van der Waals surface area contributed by atoms with Gasteiger partial charge in [0.2, 0.25) is 0 Å². The largest absolute Gasteiger partial charge is 0.330 e. The molecule has 0 aromatic carbocycles. The van der Waals surface area contributed by atoms with Gasteiger partial charge in [0, 0.05) is 26.2 Å². The fourth-order valence-corrected chi connectivity index (χ4v) is 3.11. The average molecular weight is 294 g/mol. The lowest BCUT2D eigenvalue weighted by atomic mass is 9.87. The third kappa shape index (κ3) is 3.44. The molecule has 0 saturated carbocycles. The molecule has 1 spiro atoms. The zero-order chi connectivity index (χ0) is 15.5. The van der Waals surface area contributed by atoms with Crippen LogP contribution in [-0.2, 0) is 4.79 Å². The molecule has 2 heterocycles. The number of rotatable bonds is 6. The number of hydrogen-bond donors (Lipinski definition) is 2. The number of nitrogens with zero attached hydrogens (tertiary/aromatic N) is 2. The molecule has 6 nitrogen and oxygen atoms in total. The number of nitrogens with one attached hydrogen (secondary N) is 1. The van der Waals surface area contributed by atoms with Crippen molar-refractivity contribution in [3.8, 4) is 0 Å². The van der Waals surface area contributed by atoms with Gasteiger partial charge in [-0.2, -0.15) is 0 Å². The number of nitrogens with two attached hydrogens (primary N) is 1. The van der Waals surface area contributed by atoms with Gasteiger partial charge in [-0.1, -0.05) is 12.2 Å². The highest BCUT2D eigenvalue weighted by Gasteiger charge is 2.51. The van der Waals surface area contributed by atoms with E-state index in [0.717, 1.165) is 38.0 Å². The SMILES string of the molecule is C=C(C)CN1CCC2(CC1)NC(=O)N(CCCCN)C2=O. The van der Waals surface area contributed by atoms with Crippen molar-refractivity contribution in [1.29, 1.82) is 0 Å². The second-order valence-corrected chi connectivity index (χ2v) is 6.20. The highest BCUT2D eigenvalue weighted by atomic mass is 16.2. The highest BCUT2D eigenvalue weighted by molar-refractivity contribution is 6.07. The van der Waals surface area contributed by atoms with Crippen molar-refractivity contribution in [3.63, 3.8) is 0 Å². The minimum atomic E-state index is -0.675. The van der Waals surface area contributed by atoms with Crippen LogP contribution in [0.5, 0.6) is 0 Å². The number of amides is 3. The van der Waals surface area contributed by atoms with Gasteiger partial charge in [-0.15, -0.1) is 0 Å². The van der Waals surface area contributed by atoms with Gasteiger partial charge < -0.3 is 11.1 Å². The Morgan fingerprint density at radius 3 is 2.57 bits per heavy atom. The van der Waals surface area contributed by atoms with E-state index < -0.39 is 5.54 Å². The van der Waals surface area contributed by atoms with Crippen LogP contribution in [0.2, 0.25) is 0 Å². The summed E-state index contributed by atoms with van der Waals surface area (Å²) in [5, 5.41) is 2.93. The van der Waals surface area contributed by atoms with E-state index in [-0.39, 0.29) is 11.9 Å². The van der Waals surface area contributed by atoms with E-state index in [1.54, 1.807) is 0 Å². The molecule has 3 amide bonds. The summed E-state index contributed by atoms with van der Waals surface area (Å²) in [5.74, 6) is -0.0560. The molecule has 21 heavy (non-hydrogen) atoms. The van der Waals surface area contributed by atoms with Crippen LogP contribution in [0, 0.1) is 0 Å². The molecule has 0 radical (unpaired) electrons. The van der Waals surface area contributed by atoms with E-state index in [2.05, 4.69) is 16.8 Å². The molecule has 3 N–H and O–H groups in total. The van der Waals surface area contributed by atoms with Crippen LogP contribution < -0.4 is 11.1 Å². The third-order valence-electron chi connectivity index (χ3n) is 4.28. The van der Waals surface area contributed by atoms with Gasteiger partial charge in [-0.05, 0) is 39.2 Å². The maximum absolute atomic E-state index is 12.6. The van der Waals surface area contributed by atoms with Crippen LogP contribution in [0.25, 0.3) is 0 Å². The van der Waals surface area contributed by atoms with Crippen LogP contribution >= 0.6 is 0 Å². The van der Waals surface area contributed by atoms with Crippen LogP contribution in [0.15, 0.2) is 12.2 Å². The summed E-state index contributed by atoms with van der Waals surface area (Å²) >= 11 is 0. The highest BCUT2D eigenvalue weighted by Crippen LogP contribution is 2.29. The molecular weight excluding hydrogens is 268 g/mol.